The van der Waals surface area contributed by atoms with E-state index < -0.39 is 28.0 Å². The van der Waals surface area contributed by atoms with Crippen LogP contribution in [-0.2, 0) is 26.3 Å². The Morgan fingerprint density at radius 1 is 0.810 bits per heavy atom. The summed E-state index contributed by atoms with van der Waals surface area (Å²) >= 11 is 12.6. The molecule has 212 valence electrons. The summed E-state index contributed by atoms with van der Waals surface area (Å²) in [5.41, 5.74) is 0.982. The van der Waals surface area contributed by atoms with Crippen molar-refractivity contribution in [1.82, 2.24) is 5.32 Å². The Morgan fingerprint density at radius 2 is 1.40 bits per heavy atom. The number of nitrogens with one attached hydrogen (secondary N) is 1. The van der Waals surface area contributed by atoms with Crippen molar-refractivity contribution in [1.29, 1.82) is 0 Å². The fourth-order valence-corrected chi connectivity index (χ4v) is 5.64. The normalized spacial score (nSPS) is 14.6. The number of carbonyl (C=O) groups is 3. The van der Waals surface area contributed by atoms with Crippen molar-refractivity contribution in [3.63, 3.8) is 0 Å². The molecule has 1 heterocycles. The SMILES string of the molecule is O=C1NC(=O)N(c2ccc(OCc3ccccc3)cc2)C(=O)/C1=C/c1cc(Cl)c(OS(=O)(=O)c2ccccc2)c(Cl)c1. The van der Waals surface area contributed by atoms with Crippen LogP contribution < -0.4 is 19.1 Å². The van der Waals surface area contributed by atoms with Gasteiger partial charge in [0.15, 0.2) is 5.75 Å². The van der Waals surface area contributed by atoms with Gasteiger partial charge in [0.2, 0.25) is 0 Å². The number of hydrogen-bond acceptors (Lipinski definition) is 7. The molecule has 4 aromatic rings. The molecule has 9 nitrogen and oxygen atoms in total. The van der Waals surface area contributed by atoms with Crippen LogP contribution in [0.5, 0.6) is 11.5 Å². The number of carbonyl (C=O) groups excluding carboxylic acids is 3. The van der Waals surface area contributed by atoms with Crippen LogP contribution in [0.1, 0.15) is 11.1 Å². The van der Waals surface area contributed by atoms with Gasteiger partial charge in [-0.15, -0.1) is 0 Å². The molecular weight excluding hydrogens is 603 g/mol. The van der Waals surface area contributed by atoms with Crippen LogP contribution in [0.25, 0.3) is 6.08 Å². The Kier molecular flexibility index (Phi) is 8.30. The molecule has 0 spiro atoms. The van der Waals surface area contributed by atoms with Crippen LogP contribution in [0.3, 0.4) is 0 Å². The number of benzene rings is 4. The van der Waals surface area contributed by atoms with Gasteiger partial charge in [0.05, 0.1) is 15.7 Å². The summed E-state index contributed by atoms with van der Waals surface area (Å²) in [6.45, 7) is 0.331. The number of ether oxygens (including phenoxy) is 1. The third-order valence-electron chi connectivity index (χ3n) is 6.00. The van der Waals surface area contributed by atoms with E-state index in [-0.39, 0.29) is 37.5 Å². The van der Waals surface area contributed by atoms with Crippen molar-refractivity contribution in [3.05, 3.63) is 124 Å². The van der Waals surface area contributed by atoms with Crippen LogP contribution in [-0.4, -0.2) is 26.3 Å². The van der Waals surface area contributed by atoms with Crippen LogP contribution >= 0.6 is 23.2 Å². The van der Waals surface area contributed by atoms with Gasteiger partial charge in [-0.25, -0.2) is 9.69 Å². The van der Waals surface area contributed by atoms with Crippen LogP contribution in [0, 0.1) is 0 Å². The molecule has 0 bridgehead atoms. The zero-order valence-corrected chi connectivity index (χ0v) is 23.8. The van der Waals surface area contributed by atoms with E-state index in [1.807, 2.05) is 30.3 Å². The highest BCUT2D eigenvalue weighted by Crippen LogP contribution is 2.37. The topological polar surface area (TPSA) is 119 Å². The first kappa shape index (κ1) is 28.9. The van der Waals surface area contributed by atoms with E-state index in [2.05, 4.69) is 5.32 Å². The maximum Gasteiger partial charge on any atom is 0.339 e. The molecule has 1 aliphatic heterocycles. The number of halogens is 2. The number of imide groups is 2. The lowest BCUT2D eigenvalue weighted by Gasteiger charge is -2.26. The first-order chi connectivity index (χ1) is 20.1. The Bertz CT molecular complexity index is 1790. The molecule has 1 saturated heterocycles. The summed E-state index contributed by atoms with van der Waals surface area (Å²) in [7, 11) is -4.24. The van der Waals surface area contributed by atoms with E-state index in [9.17, 15) is 22.8 Å². The Hall–Kier alpha value is -4.64. The molecule has 0 atom stereocenters. The lowest BCUT2D eigenvalue weighted by atomic mass is 10.1. The summed E-state index contributed by atoms with van der Waals surface area (Å²) in [4.78, 5) is 39.2. The van der Waals surface area contributed by atoms with Gasteiger partial charge < -0.3 is 8.92 Å². The zero-order valence-electron chi connectivity index (χ0n) is 21.5. The molecule has 4 amide bonds. The van der Waals surface area contributed by atoms with Gasteiger partial charge in [-0.3, -0.25) is 14.9 Å². The smallest absolute Gasteiger partial charge is 0.339 e. The van der Waals surface area contributed by atoms with E-state index in [0.717, 1.165) is 10.5 Å². The Morgan fingerprint density at radius 3 is 2.02 bits per heavy atom. The maximum atomic E-state index is 13.3. The second kappa shape index (κ2) is 12.1. The number of nitrogens with zero attached hydrogens (tertiary/aromatic N) is 1. The highest BCUT2D eigenvalue weighted by molar-refractivity contribution is 7.87. The molecule has 1 fully saturated rings. The van der Waals surface area contributed by atoms with Gasteiger partial charge in [0, 0.05) is 0 Å². The predicted octanol–water partition coefficient (Wildman–Crippen LogP) is 6.01. The monoisotopic (exact) mass is 622 g/mol. The summed E-state index contributed by atoms with van der Waals surface area (Å²) < 4.78 is 36.2. The number of hydrogen-bond donors (Lipinski definition) is 1. The lowest BCUT2D eigenvalue weighted by molar-refractivity contribution is -0.122. The van der Waals surface area contributed by atoms with Gasteiger partial charge in [-0.2, -0.15) is 8.42 Å². The highest BCUT2D eigenvalue weighted by Gasteiger charge is 2.37. The Balaban J connectivity index is 1.36. The fraction of sp³-hybridized carbons (Fsp3) is 0.0333. The Labute approximate surface area is 251 Å². The summed E-state index contributed by atoms with van der Waals surface area (Å²) in [5.74, 6) is -1.63. The second-order valence-electron chi connectivity index (χ2n) is 8.89. The van der Waals surface area contributed by atoms with Crippen LogP contribution in [0.4, 0.5) is 10.5 Å². The van der Waals surface area contributed by atoms with E-state index in [1.165, 1.54) is 54.6 Å². The number of barbiturate groups is 1. The third-order valence-corrected chi connectivity index (χ3v) is 7.80. The number of amides is 4. The fourth-order valence-electron chi connectivity index (χ4n) is 3.98. The third kappa shape index (κ3) is 6.31. The van der Waals surface area contributed by atoms with E-state index >= 15 is 0 Å². The van der Waals surface area contributed by atoms with Gasteiger partial charge in [-0.1, -0.05) is 71.7 Å². The van der Waals surface area contributed by atoms with Crippen molar-refractivity contribution in [2.45, 2.75) is 11.5 Å². The minimum atomic E-state index is -4.24. The zero-order chi connectivity index (χ0) is 29.9. The first-order valence-electron chi connectivity index (χ1n) is 12.3. The maximum absolute atomic E-state index is 13.3. The van der Waals surface area contributed by atoms with Crippen molar-refractivity contribution < 1.29 is 31.7 Å². The summed E-state index contributed by atoms with van der Waals surface area (Å²) in [5, 5.41) is 1.77. The van der Waals surface area contributed by atoms with Gasteiger partial charge in [0.25, 0.3) is 11.8 Å². The predicted molar refractivity (Wildman–Crippen MR) is 157 cm³/mol. The molecule has 12 heteroatoms. The number of anilines is 1. The van der Waals surface area contributed by atoms with E-state index in [4.69, 9.17) is 32.1 Å². The molecule has 0 unspecified atom stereocenters. The van der Waals surface area contributed by atoms with Crippen molar-refractivity contribution in [3.8, 4) is 11.5 Å². The van der Waals surface area contributed by atoms with Crippen molar-refractivity contribution >= 4 is 62.9 Å². The molecule has 1 aliphatic rings. The molecule has 1 N–H and O–H groups in total. The molecule has 5 rings (SSSR count). The van der Waals surface area contributed by atoms with Crippen molar-refractivity contribution in [2.75, 3.05) is 4.90 Å². The first-order valence-corrected chi connectivity index (χ1v) is 14.5. The van der Waals surface area contributed by atoms with Gasteiger partial charge in [-0.05, 0) is 65.7 Å². The minimum absolute atomic E-state index is 0.103. The molecule has 0 aromatic heterocycles. The van der Waals surface area contributed by atoms with E-state index in [0.29, 0.717) is 12.4 Å². The quantitative estimate of drug-likeness (QED) is 0.145. The standard InChI is InChI=1S/C30H20Cl2N2O7S/c31-25-16-20(17-26(32)27(25)41-42(38,39)23-9-5-2-6-10-23)15-24-28(35)33-30(37)34(29(24)36)21-11-13-22(14-12-21)40-18-19-7-3-1-4-8-19/h1-17H,18H2,(H,33,35,37)/b24-15+. The molecule has 0 saturated carbocycles. The minimum Gasteiger partial charge on any atom is -0.489 e. The lowest BCUT2D eigenvalue weighted by Crippen LogP contribution is -2.54. The molecule has 4 aromatic carbocycles. The molecular formula is C30H20Cl2N2O7S. The molecule has 42 heavy (non-hydrogen) atoms. The van der Waals surface area contributed by atoms with Gasteiger partial charge in [0.1, 0.15) is 22.8 Å². The van der Waals surface area contributed by atoms with Crippen LogP contribution in [0.2, 0.25) is 10.0 Å². The highest BCUT2D eigenvalue weighted by atomic mass is 35.5. The average molecular weight is 623 g/mol. The second-order valence-corrected chi connectivity index (χ2v) is 11.3. The van der Waals surface area contributed by atoms with Crippen LogP contribution in [0.15, 0.2) is 108 Å². The summed E-state index contributed by atoms with van der Waals surface area (Å²) in [6.07, 6.45) is 1.18. The molecule has 0 aliphatic carbocycles. The number of urea groups is 1. The molecule has 0 radical (unpaired) electrons. The van der Waals surface area contributed by atoms with Crippen molar-refractivity contribution in [2.24, 2.45) is 0 Å². The van der Waals surface area contributed by atoms with Gasteiger partial charge >= 0.3 is 16.1 Å². The number of rotatable bonds is 8. The average Bonchev–Trinajstić information content (AvgIpc) is 2.98. The largest absolute Gasteiger partial charge is 0.489 e. The summed E-state index contributed by atoms with van der Waals surface area (Å²) in [6, 6.07) is 24.8. The van der Waals surface area contributed by atoms with E-state index in [1.54, 1.807) is 18.2 Å².